The van der Waals surface area contributed by atoms with Gasteiger partial charge in [0.1, 0.15) is 4.90 Å². The molecule has 0 aromatic heterocycles. The lowest BCUT2D eigenvalue weighted by Crippen LogP contribution is -2.40. The Morgan fingerprint density at radius 2 is 1.65 bits per heavy atom. The van der Waals surface area contributed by atoms with Crippen LogP contribution in [0.2, 0.25) is 0 Å². The second-order valence-electron chi connectivity index (χ2n) is 4.91. The van der Waals surface area contributed by atoms with Gasteiger partial charge in [-0.1, -0.05) is 0 Å². The summed E-state index contributed by atoms with van der Waals surface area (Å²) >= 11 is 0. The van der Waals surface area contributed by atoms with Crippen LogP contribution < -0.4 is 10.5 Å². The minimum atomic E-state index is -4.22. The maximum Gasteiger partial charge on any atom is 0.243 e. The van der Waals surface area contributed by atoms with Gasteiger partial charge in [-0.15, -0.1) is 0 Å². The first kappa shape index (κ1) is 15.3. The Bertz CT molecular complexity index is 599. The van der Waals surface area contributed by atoms with Crippen molar-refractivity contribution in [3.8, 4) is 0 Å². The number of nitrogens with two attached hydrogens (primary N) is 1. The molecule has 2 rings (SSSR count). The van der Waals surface area contributed by atoms with E-state index in [1.807, 2.05) is 0 Å². The van der Waals surface area contributed by atoms with Gasteiger partial charge in [0.2, 0.25) is 10.0 Å². The van der Waals surface area contributed by atoms with Crippen molar-refractivity contribution in [1.82, 2.24) is 4.72 Å². The maximum absolute atomic E-state index is 13.5. The molecule has 1 aromatic carbocycles. The van der Waals surface area contributed by atoms with Crippen molar-refractivity contribution in [2.24, 2.45) is 5.73 Å². The van der Waals surface area contributed by atoms with Crippen LogP contribution in [0.3, 0.4) is 0 Å². The lowest BCUT2D eigenvalue weighted by Gasteiger charge is -2.26. The predicted molar refractivity (Wildman–Crippen MR) is 66.9 cm³/mol. The first-order chi connectivity index (χ1) is 9.31. The smallest absolute Gasteiger partial charge is 0.243 e. The van der Waals surface area contributed by atoms with Crippen molar-refractivity contribution < 1.29 is 21.6 Å². The van der Waals surface area contributed by atoms with Gasteiger partial charge in [0, 0.05) is 12.1 Å². The van der Waals surface area contributed by atoms with Crippen molar-refractivity contribution in [2.45, 2.75) is 42.7 Å². The standard InChI is InChI=1S/C12H15F3N2O2S/c13-9-5-6-10(12(15)11(9)14)20(18,19)17-8-3-1-7(16)2-4-8/h5-8,17H,1-4,16H2. The number of hydrogen-bond donors (Lipinski definition) is 2. The molecule has 1 fully saturated rings. The molecule has 0 amide bonds. The zero-order chi connectivity index (χ0) is 14.9. The Labute approximate surface area is 115 Å². The van der Waals surface area contributed by atoms with Crippen molar-refractivity contribution in [1.29, 1.82) is 0 Å². The lowest BCUT2D eigenvalue weighted by molar-refractivity contribution is 0.372. The molecule has 0 aliphatic heterocycles. The SMILES string of the molecule is NC1CCC(NS(=O)(=O)c2ccc(F)c(F)c2F)CC1. The number of benzene rings is 1. The molecule has 8 heteroatoms. The highest BCUT2D eigenvalue weighted by atomic mass is 32.2. The van der Waals surface area contributed by atoms with Gasteiger partial charge in [0.25, 0.3) is 0 Å². The normalized spacial score (nSPS) is 23.8. The lowest BCUT2D eigenvalue weighted by atomic mass is 9.93. The number of halogens is 3. The molecule has 4 nitrogen and oxygen atoms in total. The van der Waals surface area contributed by atoms with E-state index < -0.39 is 32.4 Å². The number of hydrogen-bond acceptors (Lipinski definition) is 3. The summed E-state index contributed by atoms with van der Waals surface area (Å²) in [7, 11) is -4.22. The summed E-state index contributed by atoms with van der Waals surface area (Å²) in [6.07, 6.45) is 2.39. The molecular formula is C12H15F3N2O2S. The van der Waals surface area contributed by atoms with Gasteiger partial charge in [0.15, 0.2) is 17.5 Å². The fourth-order valence-corrected chi connectivity index (χ4v) is 3.61. The topological polar surface area (TPSA) is 72.2 Å². The van der Waals surface area contributed by atoms with E-state index in [4.69, 9.17) is 5.73 Å². The first-order valence-corrected chi connectivity index (χ1v) is 7.71. The molecule has 0 spiro atoms. The Balaban J connectivity index is 2.21. The average Bonchev–Trinajstić information content (AvgIpc) is 2.38. The minimum absolute atomic E-state index is 0.0377. The van der Waals surface area contributed by atoms with Gasteiger partial charge < -0.3 is 5.73 Å². The van der Waals surface area contributed by atoms with Crippen LogP contribution in [-0.2, 0) is 10.0 Å². The van der Waals surface area contributed by atoms with Crippen LogP contribution in [0.1, 0.15) is 25.7 Å². The molecule has 1 aliphatic rings. The predicted octanol–water partition coefficient (Wildman–Crippen LogP) is 1.65. The molecule has 0 heterocycles. The van der Waals surface area contributed by atoms with Gasteiger partial charge in [-0.3, -0.25) is 0 Å². The zero-order valence-corrected chi connectivity index (χ0v) is 11.4. The number of nitrogens with one attached hydrogen (secondary N) is 1. The van der Waals surface area contributed by atoms with E-state index in [1.165, 1.54) is 0 Å². The van der Waals surface area contributed by atoms with Crippen LogP contribution in [0.25, 0.3) is 0 Å². The molecule has 3 N–H and O–H groups in total. The minimum Gasteiger partial charge on any atom is -0.328 e. The van der Waals surface area contributed by atoms with E-state index in [-0.39, 0.29) is 12.1 Å². The second kappa shape index (κ2) is 5.71. The largest absolute Gasteiger partial charge is 0.328 e. The average molecular weight is 308 g/mol. The van der Waals surface area contributed by atoms with Crippen LogP contribution in [-0.4, -0.2) is 20.5 Å². The summed E-state index contributed by atoms with van der Waals surface area (Å²) in [5.41, 5.74) is 5.70. The number of rotatable bonds is 3. The quantitative estimate of drug-likeness (QED) is 0.834. The first-order valence-electron chi connectivity index (χ1n) is 6.22. The van der Waals surface area contributed by atoms with E-state index in [0.29, 0.717) is 37.8 Å². The summed E-state index contributed by atoms with van der Waals surface area (Å²) < 4.78 is 65.7. The highest BCUT2D eigenvalue weighted by Gasteiger charge is 2.28. The summed E-state index contributed by atoms with van der Waals surface area (Å²) in [5.74, 6) is -4.92. The molecule has 0 bridgehead atoms. The fraction of sp³-hybridized carbons (Fsp3) is 0.500. The molecule has 0 atom stereocenters. The summed E-state index contributed by atoms with van der Waals surface area (Å²) in [5, 5.41) is 0. The molecule has 0 radical (unpaired) electrons. The summed E-state index contributed by atoms with van der Waals surface area (Å²) in [4.78, 5) is -0.883. The van der Waals surface area contributed by atoms with Crippen LogP contribution in [0.5, 0.6) is 0 Å². The Morgan fingerprint density at radius 3 is 2.25 bits per heavy atom. The molecule has 20 heavy (non-hydrogen) atoms. The van der Waals surface area contributed by atoms with Crippen molar-refractivity contribution in [2.75, 3.05) is 0 Å². The molecular weight excluding hydrogens is 293 g/mol. The molecule has 0 saturated heterocycles. The van der Waals surface area contributed by atoms with E-state index in [2.05, 4.69) is 4.72 Å². The Kier molecular flexibility index (Phi) is 4.36. The molecule has 112 valence electrons. The van der Waals surface area contributed by atoms with Gasteiger partial charge >= 0.3 is 0 Å². The maximum atomic E-state index is 13.5. The van der Waals surface area contributed by atoms with Crippen LogP contribution in [0.15, 0.2) is 17.0 Å². The third-order valence-corrected chi connectivity index (χ3v) is 4.92. The van der Waals surface area contributed by atoms with E-state index in [0.717, 1.165) is 0 Å². The summed E-state index contributed by atoms with van der Waals surface area (Å²) in [6.45, 7) is 0. The van der Waals surface area contributed by atoms with Crippen molar-refractivity contribution in [3.05, 3.63) is 29.6 Å². The number of sulfonamides is 1. The summed E-state index contributed by atoms with van der Waals surface area (Å²) in [6, 6.07) is 0.970. The highest BCUT2D eigenvalue weighted by Crippen LogP contribution is 2.22. The monoisotopic (exact) mass is 308 g/mol. The fourth-order valence-electron chi connectivity index (χ4n) is 2.24. The molecule has 1 aliphatic carbocycles. The Morgan fingerprint density at radius 1 is 1.05 bits per heavy atom. The van der Waals surface area contributed by atoms with Gasteiger partial charge in [0.05, 0.1) is 0 Å². The van der Waals surface area contributed by atoms with Crippen LogP contribution in [0, 0.1) is 17.5 Å². The third-order valence-electron chi connectivity index (χ3n) is 3.38. The van der Waals surface area contributed by atoms with E-state index >= 15 is 0 Å². The molecule has 1 saturated carbocycles. The molecule has 1 aromatic rings. The molecule has 0 unspecified atom stereocenters. The zero-order valence-electron chi connectivity index (χ0n) is 10.6. The van der Waals surface area contributed by atoms with Gasteiger partial charge in [-0.25, -0.2) is 26.3 Å². The van der Waals surface area contributed by atoms with Crippen LogP contribution >= 0.6 is 0 Å². The third kappa shape index (κ3) is 3.13. The van der Waals surface area contributed by atoms with Crippen molar-refractivity contribution >= 4 is 10.0 Å². The van der Waals surface area contributed by atoms with Gasteiger partial charge in [-0.05, 0) is 37.8 Å². The highest BCUT2D eigenvalue weighted by molar-refractivity contribution is 7.89. The van der Waals surface area contributed by atoms with E-state index in [1.54, 1.807) is 0 Å². The van der Waals surface area contributed by atoms with E-state index in [9.17, 15) is 21.6 Å². The van der Waals surface area contributed by atoms with Crippen LogP contribution in [0.4, 0.5) is 13.2 Å². The van der Waals surface area contributed by atoms with Gasteiger partial charge in [-0.2, -0.15) is 0 Å². The second-order valence-corrected chi connectivity index (χ2v) is 6.59. The Hall–Kier alpha value is -1.12. The van der Waals surface area contributed by atoms with Crippen molar-refractivity contribution in [3.63, 3.8) is 0 Å².